The lowest BCUT2D eigenvalue weighted by atomic mass is 9.65. The number of fused-ring (bicyclic) bond motifs is 3. The summed E-state index contributed by atoms with van der Waals surface area (Å²) in [5.74, 6) is -0.552. The summed E-state index contributed by atoms with van der Waals surface area (Å²) in [6, 6.07) is 5.42. The molecule has 0 saturated heterocycles. The van der Waals surface area contributed by atoms with E-state index in [0.717, 1.165) is 50.2 Å². The first-order valence-corrected chi connectivity index (χ1v) is 11.0. The first-order valence-electron chi connectivity index (χ1n) is 10.6. The highest BCUT2D eigenvalue weighted by Crippen LogP contribution is 2.49. The van der Waals surface area contributed by atoms with Gasteiger partial charge >= 0.3 is 0 Å². The number of rotatable bonds is 4. The molecule has 0 N–H and O–H groups in total. The fourth-order valence-electron chi connectivity index (χ4n) is 5.17. The predicted octanol–water partition coefficient (Wildman–Crippen LogP) is 8.23. The SMILES string of the molecule is CCC/C=C/[C@@H]1CC[C@@H]2c3cc(F)c(-c4ccc(Cl)c(F)c4)c(F)c3CC[C@@H]2C1. The Kier molecular flexibility index (Phi) is 6.06. The van der Waals surface area contributed by atoms with Crippen LogP contribution in [-0.4, -0.2) is 0 Å². The average molecular weight is 419 g/mol. The van der Waals surface area contributed by atoms with Crippen LogP contribution in [0.15, 0.2) is 36.4 Å². The molecule has 1 saturated carbocycles. The minimum atomic E-state index is -0.671. The van der Waals surface area contributed by atoms with E-state index in [0.29, 0.717) is 23.8 Å². The zero-order valence-electron chi connectivity index (χ0n) is 16.7. The van der Waals surface area contributed by atoms with Gasteiger partial charge in [-0.05, 0) is 91.2 Å². The van der Waals surface area contributed by atoms with Crippen LogP contribution in [0.25, 0.3) is 11.1 Å². The van der Waals surface area contributed by atoms with Gasteiger partial charge in [-0.1, -0.05) is 43.2 Å². The van der Waals surface area contributed by atoms with Gasteiger partial charge < -0.3 is 0 Å². The lowest BCUT2D eigenvalue weighted by molar-refractivity contribution is 0.234. The molecule has 3 atom stereocenters. The van der Waals surface area contributed by atoms with Crippen molar-refractivity contribution in [3.8, 4) is 11.1 Å². The minimum absolute atomic E-state index is 0.0554. The quantitative estimate of drug-likeness (QED) is 0.438. The molecule has 0 nitrogen and oxygen atoms in total. The first kappa shape index (κ1) is 20.5. The van der Waals surface area contributed by atoms with Gasteiger partial charge in [0, 0.05) is 0 Å². The summed E-state index contributed by atoms with van der Waals surface area (Å²) in [6.07, 6.45) is 11.5. The van der Waals surface area contributed by atoms with Crippen LogP contribution < -0.4 is 0 Å². The Hall–Kier alpha value is -1.74. The maximum absolute atomic E-state index is 15.4. The standard InChI is InChI=1S/C25H26ClF3/c1-2-3-4-5-15-6-9-18-16(12-15)7-10-19-20(18)14-23(28)24(25(19)29)17-8-11-21(26)22(27)13-17/h4-5,8,11,13-16,18H,2-3,6-7,9-10,12H2,1H3/b5-4+/t15-,16-,18+/m1/s1. The molecule has 2 aliphatic rings. The summed E-state index contributed by atoms with van der Waals surface area (Å²) >= 11 is 5.72. The third-order valence-electron chi connectivity index (χ3n) is 6.61. The summed E-state index contributed by atoms with van der Waals surface area (Å²) < 4.78 is 44.2. The Morgan fingerprint density at radius 1 is 1.07 bits per heavy atom. The van der Waals surface area contributed by atoms with Crippen LogP contribution in [0.2, 0.25) is 5.02 Å². The van der Waals surface area contributed by atoms with Crippen molar-refractivity contribution in [2.24, 2.45) is 11.8 Å². The average Bonchev–Trinajstić information content (AvgIpc) is 2.70. The van der Waals surface area contributed by atoms with Gasteiger partial charge in [0.05, 0.1) is 10.6 Å². The number of allylic oxidation sites excluding steroid dienone is 2. The molecule has 2 aliphatic carbocycles. The van der Waals surface area contributed by atoms with E-state index in [1.54, 1.807) is 0 Å². The van der Waals surface area contributed by atoms with Gasteiger partial charge in [-0.25, -0.2) is 13.2 Å². The molecule has 0 spiro atoms. The first-order chi connectivity index (χ1) is 14.0. The largest absolute Gasteiger partial charge is 0.206 e. The van der Waals surface area contributed by atoms with Gasteiger partial charge in [0.1, 0.15) is 17.5 Å². The molecule has 0 bridgehead atoms. The van der Waals surface area contributed by atoms with Crippen molar-refractivity contribution in [1.29, 1.82) is 0 Å². The summed E-state index contributed by atoms with van der Waals surface area (Å²) in [6.45, 7) is 2.18. The zero-order valence-corrected chi connectivity index (χ0v) is 17.4. The lowest BCUT2D eigenvalue weighted by Crippen LogP contribution is -2.28. The summed E-state index contributed by atoms with van der Waals surface area (Å²) in [7, 11) is 0. The fourth-order valence-corrected chi connectivity index (χ4v) is 5.29. The van der Waals surface area contributed by atoms with Crippen molar-refractivity contribution in [2.45, 2.75) is 57.8 Å². The molecule has 4 heteroatoms. The maximum Gasteiger partial charge on any atom is 0.142 e. The molecule has 154 valence electrons. The van der Waals surface area contributed by atoms with Crippen LogP contribution in [0.4, 0.5) is 13.2 Å². The van der Waals surface area contributed by atoms with E-state index < -0.39 is 17.5 Å². The number of unbranched alkanes of at least 4 members (excludes halogenated alkanes) is 1. The minimum Gasteiger partial charge on any atom is -0.206 e. The summed E-state index contributed by atoms with van der Waals surface area (Å²) in [5, 5.41) is -0.0554. The van der Waals surface area contributed by atoms with Crippen LogP contribution in [-0.2, 0) is 6.42 Å². The number of hydrogen-bond acceptors (Lipinski definition) is 0. The maximum atomic E-state index is 15.4. The van der Waals surface area contributed by atoms with E-state index in [1.165, 1.54) is 18.2 Å². The van der Waals surface area contributed by atoms with Crippen molar-refractivity contribution in [3.05, 3.63) is 70.0 Å². The van der Waals surface area contributed by atoms with Crippen molar-refractivity contribution in [1.82, 2.24) is 0 Å². The second kappa shape index (κ2) is 8.55. The van der Waals surface area contributed by atoms with Crippen LogP contribution in [0.5, 0.6) is 0 Å². The molecule has 0 heterocycles. The highest BCUT2D eigenvalue weighted by molar-refractivity contribution is 6.30. The van der Waals surface area contributed by atoms with Gasteiger partial charge in [0.25, 0.3) is 0 Å². The second-order valence-corrected chi connectivity index (χ2v) is 8.85. The summed E-state index contributed by atoms with van der Waals surface area (Å²) in [5.41, 5.74) is 1.48. The third kappa shape index (κ3) is 3.99. The predicted molar refractivity (Wildman–Crippen MR) is 113 cm³/mol. The molecule has 0 aromatic heterocycles. The van der Waals surface area contributed by atoms with Gasteiger partial charge in [-0.15, -0.1) is 0 Å². The van der Waals surface area contributed by atoms with Gasteiger partial charge in [-0.3, -0.25) is 0 Å². The van der Waals surface area contributed by atoms with Gasteiger partial charge in [-0.2, -0.15) is 0 Å². The van der Waals surface area contributed by atoms with E-state index in [4.69, 9.17) is 11.6 Å². The molecular weight excluding hydrogens is 393 g/mol. The number of hydrogen-bond donors (Lipinski definition) is 0. The zero-order chi connectivity index (χ0) is 20.5. The Morgan fingerprint density at radius 3 is 2.66 bits per heavy atom. The number of benzene rings is 2. The highest BCUT2D eigenvalue weighted by Gasteiger charge is 2.37. The van der Waals surface area contributed by atoms with Gasteiger partial charge in [0.15, 0.2) is 0 Å². The van der Waals surface area contributed by atoms with E-state index in [1.807, 2.05) is 0 Å². The fraction of sp³-hybridized carbons (Fsp3) is 0.440. The van der Waals surface area contributed by atoms with E-state index in [-0.39, 0.29) is 22.1 Å². The number of halogens is 4. The molecule has 2 aromatic carbocycles. The smallest absolute Gasteiger partial charge is 0.142 e. The van der Waals surface area contributed by atoms with Crippen molar-refractivity contribution in [2.75, 3.05) is 0 Å². The topological polar surface area (TPSA) is 0 Å². The molecule has 1 fully saturated rings. The van der Waals surface area contributed by atoms with Crippen LogP contribution >= 0.6 is 11.6 Å². The summed E-state index contributed by atoms with van der Waals surface area (Å²) in [4.78, 5) is 0. The Labute approximate surface area is 175 Å². The normalized spacial score (nSPS) is 23.8. The molecule has 29 heavy (non-hydrogen) atoms. The van der Waals surface area contributed by atoms with Crippen LogP contribution in [0.3, 0.4) is 0 Å². The van der Waals surface area contributed by atoms with E-state index in [9.17, 15) is 8.78 Å². The van der Waals surface area contributed by atoms with E-state index in [2.05, 4.69) is 19.1 Å². The monoisotopic (exact) mass is 418 g/mol. The van der Waals surface area contributed by atoms with Crippen molar-refractivity contribution in [3.63, 3.8) is 0 Å². The highest BCUT2D eigenvalue weighted by atomic mass is 35.5. The van der Waals surface area contributed by atoms with Crippen molar-refractivity contribution >= 4 is 11.6 Å². The Balaban J connectivity index is 1.64. The van der Waals surface area contributed by atoms with Crippen molar-refractivity contribution < 1.29 is 13.2 Å². The van der Waals surface area contributed by atoms with Gasteiger partial charge in [0.2, 0.25) is 0 Å². The Morgan fingerprint density at radius 2 is 1.90 bits per heavy atom. The van der Waals surface area contributed by atoms with E-state index >= 15 is 4.39 Å². The lowest BCUT2D eigenvalue weighted by Gasteiger charge is -2.40. The molecule has 2 aromatic rings. The van der Waals surface area contributed by atoms with Crippen LogP contribution in [0, 0.1) is 29.3 Å². The molecular formula is C25H26ClF3. The third-order valence-corrected chi connectivity index (χ3v) is 6.92. The molecule has 4 rings (SSSR count). The van der Waals surface area contributed by atoms with Crippen LogP contribution in [0.1, 0.15) is 62.5 Å². The second-order valence-electron chi connectivity index (χ2n) is 8.44. The molecule has 0 unspecified atom stereocenters. The molecule has 0 radical (unpaired) electrons. The molecule has 0 amide bonds. The Bertz CT molecular complexity index is 934. The molecule has 0 aliphatic heterocycles.